The van der Waals surface area contributed by atoms with Crippen LogP contribution in [0.15, 0.2) is 24.7 Å². The Kier molecular flexibility index (Phi) is 4.52. The van der Waals surface area contributed by atoms with Crippen LogP contribution in [0.3, 0.4) is 0 Å². The second-order valence-corrected chi connectivity index (χ2v) is 4.30. The Morgan fingerprint density at radius 1 is 1.33 bits per heavy atom. The summed E-state index contributed by atoms with van der Waals surface area (Å²) in [7, 11) is 0. The van der Waals surface area contributed by atoms with E-state index in [1.807, 2.05) is 4.68 Å². The molecule has 0 aliphatic carbocycles. The monoisotopic (exact) mass is 247 g/mol. The second kappa shape index (κ2) is 6.35. The van der Waals surface area contributed by atoms with Crippen molar-refractivity contribution in [1.29, 1.82) is 0 Å². The first-order valence-electron chi connectivity index (χ1n) is 6.56. The van der Waals surface area contributed by atoms with Crippen LogP contribution < -0.4 is 5.32 Å². The number of hydrogen-bond acceptors (Lipinski definition) is 3. The summed E-state index contributed by atoms with van der Waals surface area (Å²) in [5.41, 5.74) is 1.29. The Balaban J connectivity index is 2.03. The highest BCUT2D eigenvalue weighted by atomic mass is 15.3. The van der Waals surface area contributed by atoms with E-state index in [2.05, 4.69) is 52.1 Å². The Hall–Kier alpha value is -1.62. The second-order valence-electron chi connectivity index (χ2n) is 4.30. The zero-order valence-electron chi connectivity index (χ0n) is 11.1. The fourth-order valence-corrected chi connectivity index (χ4v) is 1.98. The van der Waals surface area contributed by atoms with Gasteiger partial charge in [0, 0.05) is 25.0 Å². The van der Waals surface area contributed by atoms with Crippen LogP contribution in [-0.2, 0) is 19.6 Å². The fraction of sp³-hybridized carbons (Fsp3) is 0.538. The van der Waals surface area contributed by atoms with Gasteiger partial charge in [0.15, 0.2) is 0 Å². The average molecular weight is 247 g/mol. The van der Waals surface area contributed by atoms with Crippen molar-refractivity contribution in [2.24, 2.45) is 0 Å². The smallest absolute Gasteiger partial charge is 0.146 e. The standard InChI is InChI=1S/C13H21N5/c1-3-7-14-9-12-6-5-8-17(12)10-13-15-11-16-18(13)4-2/h5-6,8,11,14H,3-4,7,9-10H2,1-2H3. The van der Waals surface area contributed by atoms with Gasteiger partial charge in [-0.15, -0.1) is 0 Å². The molecule has 0 spiro atoms. The van der Waals surface area contributed by atoms with E-state index in [1.165, 1.54) is 5.69 Å². The molecule has 1 N–H and O–H groups in total. The molecule has 0 radical (unpaired) electrons. The van der Waals surface area contributed by atoms with Crippen LogP contribution >= 0.6 is 0 Å². The number of nitrogens with one attached hydrogen (secondary N) is 1. The lowest BCUT2D eigenvalue weighted by Crippen LogP contribution is -2.18. The zero-order valence-corrected chi connectivity index (χ0v) is 11.1. The summed E-state index contributed by atoms with van der Waals surface area (Å²) >= 11 is 0. The van der Waals surface area contributed by atoms with Crippen molar-refractivity contribution in [1.82, 2.24) is 24.6 Å². The quantitative estimate of drug-likeness (QED) is 0.757. The van der Waals surface area contributed by atoms with Gasteiger partial charge in [0.25, 0.3) is 0 Å². The fourth-order valence-electron chi connectivity index (χ4n) is 1.98. The first kappa shape index (κ1) is 12.8. The Bertz CT molecular complexity index is 471. The van der Waals surface area contributed by atoms with Crippen molar-refractivity contribution < 1.29 is 0 Å². The van der Waals surface area contributed by atoms with Crippen LogP contribution in [0.5, 0.6) is 0 Å². The minimum Gasteiger partial charge on any atom is -0.343 e. The van der Waals surface area contributed by atoms with E-state index in [9.17, 15) is 0 Å². The van der Waals surface area contributed by atoms with Gasteiger partial charge in [-0.1, -0.05) is 6.92 Å². The predicted molar refractivity (Wildman–Crippen MR) is 71.2 cm³/mol. The summed E-state index contributed by atoms with van der Waals surface area (Å²) in [6.45, 7) is 7.86. The molecule has 18 heavy (non-hydrogen) atoms. The molecule has 0 saturated heterocycles. The molecular weight excluding hydrogens is 226 g/mol. The average Bonchev–Trinajstić information content (AvgIpc) is 3.00. The predicted octanol–water partition coefficient (Wildman–Crippen LogP) is 1.65. The molecule has 2 aromatic rings. The maximum atomic E-state index is 4.31. The Morgan fingerprint density at radius 2 is 2.22 bits per heavy atom. The van der Waals surface area contributed by atoms with E-state index in [4.69, 9.17) is 0 Å². The lowest BCUT2D eigenvalue weighted by molar-refractivity contribution is 0.573. The molecule has 2 heterocycles. The minimum atomic E-state index is 0.782. The molecule has 5 heteroatoms. The molecule has 0 unspecified atom stereocenters. The van der Waals surface area contributed by atoms with Crippen molar-refractivity contribution in [2.45, 2.75) is 39.9 Å². The lowest BCUT2D eigenvalue weighted by Gasteiger charge is -2.10. The molecule has 0 aliphatic rings. The summed E-state index contributed by atoms with van der Waals surface area (Å²) in [6, 6.07) is 4.23. The maximum absolute atomic E-state index is 4.31. The molecule has 2 aromatic heterocycles. The van der Waals surface area contributed by atoms with Crippen molar-refractivity contribution in [3.05, 3.63) is 36.2 Å². The van der Waals surface area contributed by atoms with Gasteiger partial charge in [-0.05, 0) is 32.0 Å². The van der Waals surface area contributed by atoms with Gasteiger partial charge in [0.05, 0.1) is 6.54 Å². The molecule has 0 fully saturated rings. The third-order valence-corrected chi connectivity index (χ3v) is 2.96. The molecule has 0 amide bonds. The summed E-state index contributed by atoms with van der Waals surface area (Å²) in [4.78, 5) is 4.31. The summed E-state index contributed by atoms with van der Waals surface area (Å²) in [5, 5.41) is 7.62. The number of aromatic nitrogens is 4. The topological polar surface area (TPSA) is 47.7 Å². The molecule has 0 aliphatic heterocycles. The van der Waals surface area contributed by atoms with E-state index in [1.54, 1.807) is 6.33 Å². The van der Waals surface area contributed by atoms with Crippen LogP contribution in [0.4, 0.5) is 0 Å². The molecule has 0 saturated carbocycles. The number of hydrogen-bond donors (Lipinski definition) is 1. The van der Waals surface area contributed by atoms with Crippen LogP contribution in [0, 0.1) is 0 Å². The molecule has 98 valence electrons. The van der Waals surface area contributed by atoms with Crippen LogP contribution in [0.1, 0.15) is 31.8 Å². The van der Waals surface area contributed by atoms with Gasteiger partial charge in [0.2, 0.25) is 0 Å². The van der Waals surface area contributed by atoms with Gasteiger partial charge in [-0.25, -0.2) is 9.67 Å². The SMILES string of the molecule is CCCNCc1cccn1Cc1ncnn1CC. The van der Waals surface area contributed by atoms with Crippen LogP contribution in [0.25, 0.3) is 0 Å². The van der Waals surface area contributed by atoms with E-state index >= 15 is 0 Å². The van der Waals surface area contributed by atoms with Gasteiger partial charge in [0.1, 0.15) is 12.2 Å². The molecule has 0 atom stereocenters. The zero-order chi connectivity index (χ0) is 12.8. The largest absolute Gasteiger partial charge is 0.343 e. The molecule has 0 aromatic carbocycles. The van der Waals surface area contributed by atoms with Gasteiger partial charge in [-0.2, -0.15) is 5.10 Å². The van der Waals surface area contributed by atoms with Crippen molar-refractivity contribution >= 4 is 0 Å². The Labute approximate surface area is 108 Å². The minimum absolute atomic E-state index is 0.782. The third-order valence-electron chi connectivity index (χ3n) is 2.96. The van der Waals surface area contributed by atoms with Gasteiger partial charge in [-0.3, -0.25) is 0 Å². The van der Waals surface area contributed by atoms with E-state index in [0.717, 1.165) is 38.4 Å². The maximum Gasteiger partial charge on any atom is 0.146 e. The molecule has 0 bridgehead atoms. The normalized spacial score (nSPS) is 11.0. The number of rotatable bonds is 7. The summed E-state index contributed by atoms with van der Waals surface area (Å²) < 4.78 is 4.15. The van der Waals surface area contributed by atoms with E-state index in [-0.39, 0.29) is 0 Å². The third kappa shape index (κ3) is 2.98. The first-order chi connectivity index (χ1) is 8.85. The van der Waals surface area contributed by atoms with E-state index < -0.39 is 0 Å². The number of nitrogens with zero attached hydrogens (tertiary/aromatic N) is 4. The van der Waals surface area contributed by atoms with Crippen molar-refractivity contribution in [2.75, 3.05) is 6.54 Å². The highest BCUT2D eigenvalue weighted by Crippen LogP contribution is 2.06. The highest BCUT2D eigenvalue weighted by Gasteiger charge is 2.06. The summed E-state index contributed by atoms with van der Waals surface area (Å²) in [5.74, 6) is 1.01. The van der Waals surface area contributed by atoms with Crippen molar-refractivity contribution in [3.8, 4) is 0 Å². The molecular formula is C13H21N5. The lowest BCUT2D eigenvalue weighted by atomic mass is 10.4. The highest BCUT2D eigenvalue weighted by molar-refractivity contribution is 5.08. The van der Waals surface area contributed by atoms with Crippen molar-refractivity contribution in [3.63, 3.8) is 0 Å². The van der Waals surface area contributed by atoms with Crippen LogP contribution in [0.2, 0.25) is 0 Å². The molecule has 5 nitrogen and oxygen atoms in total. The molecule has 2 rings (SSSR count). The van der Waals surface area contributed by atoms with Gasteiger partial charge < -0.3 is 9.88 Å². The van der Waals surface area contributed by atoms with E-state index in [0.29, 0.717) is 0 Å². The summed E-state index contributed by atoms with van der Waals surface area (Å²) in [6.07, 6.45) is 4.87. The first-order valence-corrected chi connectivity index (χ1v) is 6.56. The number of aryl methyl sites for hydroxylation is 1. The Morgan fingerprint density at radius 3 is 3.00 bits per heavy atom. The van der Waals surface area contributed by atoms with Gasteiger partial charge >= 0.3 is 0 Å². The van der Waals surface area contributed by atoms with Crippen LogP contribution in [-0.4, -0.2) is 25.9 Å².